The normalized spacial score (nSPS) is 11.9. The summed E-state index contributed by atoms with van der Waals surface area (Å²) in [5.41, 5.74) is 12.9. The van der Waals surface area contributed by atoms with Gasteiger partial charge in [-0.3, -0.25) is 19.9 Å². The molecule has 0 N–H and O–H groups in total. The Bertz CT molecular complexity index is 4060. The van der Waals surface area contributed by atoms with Crippen LogP contribution in [0.2, 0.25) is 0 Å². The van der Waals surface area contributed by atoms with Gasteiger partial charge in [0.15, 0.2) is 17.5 Å². The van der Waals surface area contributed by atoms with E-state index in [1.54, 1.807) is 24.8 Å². The molecule has 5 heterocycles. The molecule has 0 saturated carbocycles. The molecule has 0 atom stereocenters. The second-order valence-electron chi connectivity index (χ2n) is 16.6. The molecule has 14 rings (SSSR count). The Kier molecular flexibility index (Phi) is 7.78. The molecular formula is C57H31N7O2. The molecule has 0 spiro atoms. The van der Waals surface area contributed by atoms with Crippen LogP contribution in [0.5, 0.6) is 0 Å². The van der Waals surface area contributed by atoms with Crippen LogP contribution in [0.3, 0.4) is 0 Å². The number of furan rings is 2. The van der Waals surface area contributed by atoms with Gasteiger partial charge in [-0.2, -0.15) is 0 Å². The summed E-state index contributed by atoms with van der Waals surface area (Å²) in [6.45, 7) is 0. The molecule has 306 valence electrons. The van der Waals surface area contributed by atoms with Crippen molar-refractivity contribution in [3.63, 3.8) is 0 Å². The van der Waals surface area contributed by atoms with Gasteiger partial charge < -0.3 is 8.83 Å². The van der Waals surface area contributed by atoms with Crippen LogP contribution in [-0.4, -0.2) is 34.9 Å². The number of para-hydroxylation sites is 4. The van der Waals surface area contributed by atoms with Crippen molar-refractivity contribution in [1.29, 1.82) is 0 Å². The molecule has 0 unspecified atom stereocenters. The van der Waals surface area contributed by atoms with Crippen LogP contribution in [0.4, 0.5) is 0 Å². The van der Waals surface area contributed by atoms with Crippen LogP contribution in [0.25, 0.3) is 144 Å². The average Bonchev–Trinajstić information content (AvgIpc) is 3.96. The first kappa shape index (κ1) is 36.3. The van der Waals surface area contributed by atoms with Gasteiger partial charge in [0, 0.05) is 74.1 Å². The molecule has 9 nitrogen and oxygen atoms in total. The lowest BCUT2D eigenvalue weighted by atomic mass is 9.94. The van der Waals surface area contributed by atoms with E-state index in [1.165, 1.54) is 0 Å². The van der Waals surface area contributed by atoms with Gasteiger partial charge in [0.1, 0.15) is 22.3 Å². The minimum Gasteiger partial charge on any atom is -0.455 e. The first-order valence-electron chi connectivity index (χ1n) is 21.7. The molecule has 0 aliphatic heterocycles. The molecule has 0 radical (unpaired) electrons. The van der Waals surface area contributed by atoms with Crippen molar-refractivity contribution in [2.24, 2.45) is 0 Å². The molecule has 0 fully saturated rings. The number of rotatable bonds is 5. The molecule has 66 heavy (non-hydrogen) atoms. The van der Waals surface area contributed by atoms with Crippen molar-refractivity contribution in [2.45, 2.75) is 0 Å². The third-order valence-electron chi connectivity index (χ3n) is 12.6. The van der Waals surface area contributed by atoms with Crippen molar-refractivity contribution >= 4 is 87.5 Å². The molecule has 9 heteroatoms. The number of fused-ring (bicyclic) bond motifs is 10. The maximum Gasteiger partial charge on any atom is 0.164 e. The van der Waals surface area contributed by atoms with Gasteiger partial charge in [-0.15, -0.1) is 0 Å². The smallest absolute Gasteiger partial charge is 0.164 e. The molecule has 0 saturated heterocycles. The number of hydrogen-bond acceptors (Lipinski definition) is 9. The summed E-state index contributed by atoms with van der Waals surface area (Å²) in [5, 5.41) is 8.32. The SMILES string of the molecule is c1ccc2c(c1)oc1c(-c3cc(-c4nc(-c5ccc6cc7nccnc7cc6c5)nc(-c5ccc6cc7nccnc7cc6c5)n4)cc(-c4cccc5c4oc4ccccc45)c3)cccc12. The summed E-state index contributed by atoms with van der Waals surface area (Å²) in [4.78, 5) is 34.1. The molecule has 5 aromatic heterocycles. The van der Waals surface area contributed by atoms with Crippen molar-refractivity contribution in [2.75, 3.05) is 0 Å². The van der Waals surface area contributed by atoms with E-state index in [0.29, 0.717) is 17.5 Å². The summed E-state index contributed by atoms with van der Waals surface area (Å²) in [6.07, 6.45) is 6.86. The van der Waals surface area contributed by atoms with Crippen LogP contribution >= 0.6 is 0 Å². The van der Waals surface area contributed by atoms with E-state index in [2.05, 4.69) is 147 Å². The van der Waals surface area contributed by atoms with Gasteiger partial charge in [-0.05, 0) is 99.4 Å². The molecule has 9 aromatic carbocycles. The van der Waals surface area contributed by atoms with Gasteiger partial charge in [-0.25, -0.2) is 15.0 Å². The Balaban J connectivity index is 1.03. The van der Waals surface area contributed by atoms with E-state index in [0.717, 1.165) is 126 Å². The third kappa shape index (κ3) is 5.84. The van der Waals surface area contributed by atoms with Gasteiger partial charge in [0.2, 0.25) is 0 Å². The summed E-state index contributed by atoms with van der Waals surface area (Å²) in [7, 11) is 0. The minimum absolute atomic E-state index is 0.514. The molecule has 0 amide bonds. The summed E-state index contributed by atoms with van der Waals surface area (Å²) < 4.78 is 13.3. The zero-order valence-corrected chi connectivity index (χ0v) is 34.8. The fraction of sp³-hybridized carbons (Fsp3) is 0. The van der Waals surface area contributed by atoms with E-state index in [-0.39, 0.29) is 0 Å². The summed E-state index contributed by atoms with van der Waals surface area (Å²) in [5.74, 6) is 1.58. The summed E-state index contributed by atoms with van der Waals surface area (Å²) >= 11 is 0. The maximum atomic E-state index is 6.64. The maximum absolute atomic E-state index is 6.64. The quantitative estimate of drug-likeness (QED) is 0.156. The Morgan fingerprint density at radius 3 is 1.15 bits per heavy atom. The lowest BCUT2D eigenvalue weighted by Crippen LogP contribution is -2.01. The fourth-order valence-corrected chi connectivity index (χ4v) is 9.47. The first-order valence-corrected chi connectivity index (χ1v) is 21.7. The number of aromatic nitrogens is 7. The molecule has 0 bridgehead atoms. The minimum atomic E-state index is 0.514. The molecule has 0 aliphatic rings. The average molecular weight is 846 g/mol. The van der Waals surface area contributed by atoms with Gasteiger partial charge in [0.05, 0.1) is 22.1 Å². The number of hydrogen-bond donors (Lipinski definition) is 0. The van der Waals surface area contributed by atoms with E-state index in [9.17, 15) is 0 Å². The van der Waals surface area contributed by atoms with Crippen molar-refractivity contribution in [3.8, 4) is 56.4 Å². The lowest BCUT2D eigenvalue weighted by molar-refractivity contribution is 0.670. The Morgan fingerprint density at radius 2 is 0.682 bits per heavy atom. The molecule has 14 aromatic rings. The summed E-state index contributed by atoms with van der Waals surface area (Å²) in [6, 6.07) is 56.3. The predicted molar refractivity (Wildman–Crippen MR) is 263 cm³/mol. The number of benzene rings is 9. The topological polar surface area (TPSA) is 117 Å². The zero-order chi connectivity index (χ0) is 43.3. The Labute approximate surface area is 374 Å². The monoisotopic (exact) mass is 845 g/mol. The van der Waals surface area contributed by atoms with E-state index >= 15 is 0 Å². The van der Waals surface area contributed by atoms with Gasteiger partial charge in [0.25, 0.3) is 0 Å². The van der Waals surface area contributed by atoms with Gasteiger partial charge in [-0.1, -0.05) is 97.1 Å². The standard InChI is InChI=1S/C57H31N7O2/c1-3-13-51-43(7-1)45-11-5-9-41(53(45)65-51)38-25-39(42-10-6-12-46-44-8-2-4-14-52(44)66-54(42)46)27-40(26-38)57-63-55(34-17-15-32-28-47-49(30-36(32)23-34)60-21-19-58-47)62-56(64-57)35-18-16-33-29-48-50(31-37(33)24-35)61-22-20-59-48/h1-31H. The van der Waals surface area contributed by atoms with Crippen LogP contribution < -0.4 is 0 Å². The van der Waals surface area contributed by atoms with Crippen molar-refractivity contribution < 1.29 is 8.83 Å². The largest absolute Gasteiger partial charge is 0.455 e. The molecular weight excluding hydrogens is 815 g/mol. The fourth-order valence-electron chi connectivity index (χ4n) is 9.47. The second-order valence-corrected chi connectivity index (χ2v) is 16.6. The second kappa shape index (κ2) is 14.2. The van der Waals surface area contributed by atoms with E-state index < -0.39 is 0 Å². The number of nitrogens with zero attached hydrogens (tertiary/aromatic N) is 7. The highest BCUT2D eigenvalue weighted by molar-refractivity contribution is 6.12. The van der Waals surface area contributed by atoms with Crippen LogP contribution in [0.15, 0.2) is 197 Å². The highest BCUT2D eigenvalue weighted by Gasteiger charge is 2.20. The highest BCUT2D eigenvalue weighted by Crippen LogP contribution is 2.42. The molecule has 0 aliphatic carbocycles. The predicted octanol–water partition coefficient (Wildman–Crippen LogP) is 14.2. The highest BCUT2D eigenvalue weighted by atomic mass is 16.3. The van der Waals surface area contributed by atoms with Crippen LogP contribution in [-0.2, 0) is 0 Å². The Morgan fingerprint density at radius 1 is 0.288 bits per heavy atom. The van der Waals surface area contributed by atoms with Gasteiger partial charge >= 0.3 is 0 Å². The van der Waals surface area contributed by atoms with Crippen molar-refractivity contribution in [1.82, 2.24) is 34.9 Å². The first-order chi connectivity index (χ1) is 32.6. The third-order valence-corrected chi connectivity index (χ3v) is 12.6. The van der Waals surface area contributed by atoms with E-state index in [4.69, 9.17) is 23.8 Å². The zero-order valence-electron chi connectivity index (χ0n) is 34.8. The van der Waals surface area contributed by atoms with Crippen LogP contribution in [0, 0.1) is 0 Å². The van der Waals surface area contributed by atoms with Crippen molar-refractivity contribution in [3.05, 3.63) is 189 Å². The van der Waals surface area contributed by atoms with Crippen LogP contribution in [0.1, 0.15) is 0 Å². The lowest BCUT2D eigenvalue weighted by Gasteiger charge is -2.13. The Hall–Kier alpha value is -9.21. The van der Waals surface area contributed by atoms with E-state index in [1.807, 2.05) is 36.4 Å².